The van der Waals surface area contributed by atoms with Crippen LogP contribution in [0.3, 0.4) is 0 Å². The predicted octanol–water partition coefficient (Wildman–Crippen LogP) is 2.46. The van der Waals surface area contributed by atoms with E-state index in [1.807, 2.05) is 37.3 Å². The minimum absolute atomic E-state index is 0.0238. The Bertz CT molecular complexity index is 875. The molecule has 0 spiro atoms. The number of amides is 2. The Morgan fingerprint density at radius 3 is 2.38 bits per heavy atom. The molecule has 32 heavy (non-hydrogen) atoms. The highest BCUT2D eigenvalue weighted by molar-refractivity contribution is 5.94. The van der Waals surface area contributed by atoms with E-state index in [2.05, 4.69) is 5.32 Å². The van der Waals surface area contributed by atoms with Crippen LogP contribution < -0.4 is 10.8 Å². The third kappa shape index (κ3) is 8.06. The Kier molecular flexibility index (Phi) is 10.2. The Morgan fingerprint density at radius 1 is 1.09 bits per heavy atom. The minimum atomic E-state index is -0.639. The fraction of sp³-hybridized carbons (Fsp3) is 0.364. The van der Waals surface area contributed by atoms with Gasteiger partial charge in [0.05, 0.1) is 17.6 Å². The van der Waals surface area contributed by atoms with Gasteiger partial charge in [-0.15, -0.1) is 0 Å². The third-order valence-electron chi connectivity index (χ3n) is 4.74. The topological polar surface area (TPSA) is 140 Å². The van der Waals surface area contributed by atoms with Gasteiger partial charge in [0.1, 0.15) is 6.79 Å². The van der Waals surface area contributed by atoms with Crippen molar-refractivity contribution in [1.82, 2.24) is 10.8 Å². The summed E-state index contributed by atoms with van der Waals surface area (Å²) in [6.07, 6.45) is 0.536. The van der Waals surface area contributed by atoms with Gasteiger partial charge in [-0.3, -0.25) is 24.9 Å². The summed E-state index contributed by atoms with van der Waals surface area (Å²) in [7, 11) is 0. The molecule has 172 valence electrons. The van der Waals surface area contributed by atoms with Crippen molar-refractivity contribution in [3.05, 3.63) is 75.8 Å². The monoisotopic (exact) mass is 445 g/mol. The van der Waals surface area contributed by atoms with Crippen molar-refractivity contribution in [1.29, 1.82) is 0 Å². The Morgan fingerprint density at radius 2 is 1.78 bits per heavy atom. The summed E-state index contributed by atoms with van der Waals surface area (Å²) in [5.74, 6) is -1.68. The van der Waals surface area contributed by atoms with E-state index in [0.717, 1.165) is 5.56 Å². The first kappa shape index (κ1) is 24.9. The Labute approximate surface area is 185 Å². The van der Waals surface area contributed by atoms with Gasteiger partial charge in [-0.25, -0.2) is 5.48 Å². The zero-order chi connectivity index (χ0) is 23.3. The number of nitrogens with one attached hydrogen (secondary N) is 2. The maximum Gasteiger partial charge on any atom is 0.269 e. The van der Waals surface area contributed by atoms with E-state index in [1.54, 1.807) is 5.48 Å². The van der Waals surface area contributed by atoms with Gasteiger partial charge < -0.3 is 14.8 Å². The first-order valence-electron chi connectivity index (χ1n) is 10.1. The second-order valence-electron chi connectivity index (χ2n) is 7.05. The number of nitro benzene ring substituents is 1. The van der Waals surface area contributed by atoms with Crippen LogP contribution in [0.2, 0.25) is 0 Å². The number of carbonyl (C=O) groups is 2. The smallest absolute Gasteiger partial charge is 0.269 e. The highest BCUT2D eigenvalue weighted by Gasteiger charge is 2.25. The van der Waals surface area contributed by atoms with Gasteiger partial charge in [0.25, 0.3) is 11.6 Å². The highest BCUT2D eigenvalue weighted by Crippen LogP contribution is 2.17. The fourth-order valence-electron chi connectivity index (χ4n) is 3.12. The summed E-state index contributed by atoms with van der Waals surface area (Å²) in [4.78, 5) is 35.2. The summed E-state index contributed by atoms with van der Waals surface area (Å²) in [6, 6.07) is 13.9. The van der Waals surface area contributed by atoms with Gasteiger partial charge in [-0.1, -0.05) is 30.3 Å². The molecule has 0 aliphatic rings. The first-order valence-corrected chi connectivity index (χ1v) is 10.1. The van der Waals surface area contributed by atoms with Crippen LogP contribution in [0.15, 0.2) is 54.6 Å². The third-order valence-corrected chi connectivity index (χ3v) is 4.74. The molecule has 2 rings (SSSR count). The van der Waals surface area contributed by atoms with E-state index in [-0.39, 0.29) is 31.1 Å². The van der Waals surface area contributed by atoms with Crippen LogP contribution in [-0.2, 0) is 20.7 Å². The number of nitro groups is 1. The number of non-ortho nitro benzene ring substituents is 1. The van der Waals surface area contributed by atoms with Crippen molar-refractivity contribution in [3.8, 4) is 0 Å². The lowest BCUT2D eigenvalue weighted by molar-refractivity contribution is -0.384. The second kappa shape index (κ2) is 13.2. The summed E-state index contributed by atoms with van der Waals surface area (Å²) in [5, 5.41) is 22.8. The summed E-state index contributed by atoms with van der Waals surface area (Å²) in [6.45, 7) is 2.38. The number of ether oxygens (including phenoxy) is 2. The van der Waals surface area contributed by atoms with Gasteiger partial charge in [0, 0.05) is 30.2 Å². The molecule has 2 aromatic rings. The van der Waals surface area contributed by atoms with Crippen LogP contribution in [-0.4, -0.2) is 48.0 Å². The molecule has 2 aromatic carbocycles. The lowest BCUT2D eigenvalue weighted by Gasteiger charge is -2.24. The van der Waals surface area contributed by atoms with E-state index in [9.17, 15) is 24.9 Å². The number of nitrogens with zero attached hydrogens (tertiary/aromatic N) is 1. The van der Waals surface area contributed by atoms with Gasteiger partial charge in [0.15, 0.2) is 0 Å². The van der Waals surface area contributed by atoms with Crippen molar-refractivity contribution in [2.75, 3.05) is 20.0 Å². The number of benzene rings is 2. The molecule has 2 amide bonds. The lowest BCUT2D eigenvalue weighted by atomic mass is 9.92. The van der Waals surface area contributed by atoms with Crippen molar-refractivity contribution in [2.24, 2.45) is 5.92 Å². The molecule has 0 radical (unpaired) electrons. The molecule has 0 aliphatic carbocycles. The SMILES string of the molecule is CCOCOCC(CC(Cc1ccccc1)C(=O)NO)NC(=O)c1ccc([N+](=O)[O-])cc1. The van der Waals surface area contributed by atoms with Crippen molar-refractivity contribution in [2.45, 2.75) is 25.8 Å². The normalized spacial score (nSPS) is 12.6. The molecule has 0 saturated carbocycles. The van der Waals surface area contributed by atoms with Crippen LogP contribution in [0.25, 0.3) is 0 Å². The Hall–Kier alpha value is -3.34. The zero-order valence-corrected chi connectivity index (χ0v) is 17.7. The summed E-state index contributed by atoms with van der Waals surface area (Å²) >= 11 is 0. The molecule has 0 bridgehead atoms. The molecule has 0 heterocycles. The molecule has 3 N–H and O–H groups in total. The molecule has 0 fully saturated rings. The van der Waals surface area contributed by atoms with Crippen LogP contribution >= 0.6 is 0 Å². The molecule has 10 heteroatoms. The molecular weight excluding hydrogens is 418 g/mol. The van der Waals surface area contributed by atoms with Crippen molar-refractivity contribution in [3.63, 3.8) is 0 Å². The molecule has 0 saturated heterocycles. The number of hydrogen-bond donors (Lipinski definition) is 3. The number of hydrogen-bond acceptors (Lipinski definition) is 7. The fourth-order valence-corrected chi connectivity index (χ4v) is 3.12. The number of carbonyl (C=O) groups excluding carboxylic acids is 2. The van der Waals surface area contributed by atoms with E-state index < -0.39 is 28.7 Å². The Balaban J connectivity index is 2.12. The van der Waals surface area contributed by atoms with Crippen LogP contribution in [0.1, 0.15) is 29.3 Å². The quantitative estimate of drug-likeness (QED) is 0.141. The van der Waals surface area contributed by atoms with Gasteiger partial charge in [-0.2, -0.15) is 0 Å². The molecular formula is C22H27N3O7. The molecule has 2 unspecified atom stereocenters. The molecule has 0 aromatic heterocycles. The first-order chi connectivity index (χ1) is 15.4. The predicted molar refractivity (Wildman–Crippen MR) is 115 cm³/mol. The van der Waals surface area contributed by atoms with E-state index in [0.29, 0.717) is 13.0 Å². The average molecular weight is 445 g/mol. The van der Waals surface area contributed by atoms with E-state index in [1.165, 1.54) is 24.3 Å². The number of hydroxylamine groups is 1. The standard InChI is InChI=1S/C22H27N3O7/c1-2-31-15-32-14-19(23-21(26)17-8-10-20(11-9-17)25(29)30)13-18(22(27)24-28)12-16-6-4-3-5-7-16/h3-11,18-19,28H,2,12-15H2,1H3,(H,23,26)(H,24,27). The van der Waals surface area contributed by atoms with Crippen molar-refractivity contribution >= 4 is 17.5 Å². The minimum Gasteiger partial charge on any atom is -0.356 e. The van der Waals surface area contributed by atoms with Crippen LogP contribution in [0.5, 0.6) is 0 Å². The average Bonchev–Trinajstić information content (AvgIpc) is 2.81. The van der Waals surface area contributed by atoms with Gasteiger partial charge in [0.2, 0.25) is 5.91 Å². The number of rotatable bonds is 13. The molecule has 2 atom stereocenters. The van der Waals surface area contributed by atoms with E-state index >= 15 is 0 Å². The lowest BCUT2D eigenvalue weighted by Crippen LogP contribution is -2.42. The van der Waals surface area contributed by atoms with Gasteiger partial charge in [-0.05, 0) is 37.5 Å². The molecule has 10 nitrogen and oxygen atoms in total. The maximum absolute atomic E-state index is 12.7. The van der Waals surface area contributed by atoms with Crippen molar-refractivity contribution < 1.29 is 29.2 Å². The summed E-state index contributed by atoms with van der Waals surface area (Å²) in [5.41, 5.74) is 2.70. The summed E-state index contributed by atoms with van der Waals surface area (Å²) < 4.78 is 10.6. The largest absolute Gasteiger partial charge is 0.356 e. The maximum atomic E-state index is 12.7. The zero-order valence-electron chi connectivity index (χ0n) is 17.7. The van der Waals surface area contributed by atoms with Gasteiger partial charge >= 0.3 is 0 Å². The van der Waals surface area contributed by atoms with Crippen LogP contribution in [0.4, 0.5) is 5.69 Å². The van der Waals surface area contributed by atoms with Crippen LogP contribution in [0, 0.1) is 16.0 Å². The second-order valence-corrected chi connectivity index (χ2v) is 7.05. The van der Waals surface area contributed by atoms with E-state index in [4.69, 9.17) is 9.47 Å². The highest BCUT2D eigenvalue weighted by atomic mass is 16.7. The molecule has 0 aliphatic heterocycles.